The molecule has 0 fully saturated rings. The fourth-order valence-corrected chi connectivity index (χ4v) is 4.86. The lowest BCUT2D eigenvalue weighted by molar-refractivity contribution is 0.0754. The van der Waals surface area contributed by atoms with Gasteiger partial charge in [0, 0.05) is 50.4 Å². The van der Waals surface area contributed by atoms with Gasteiger partial charge in [-0.1, -0.05) is 23.7 Å². The van der Waals surface area contributed by atoms with Crippen molar-refractivity contribution < 1.29 is 9.53 Å². The number of carbonyl (C=O) groups excluding carboxylic acids is 1. The number of ether oxygens (including phenoxy) is 1. The third-order valence-electron chi connectivity index (χ3n) is 5.59. The first-order valence-electron chi connectivity index (χ1n) is 10.6. The summed E-state index contributed by atoms with van der Waals surface area (Å²) in [6, 6.07) is 11.8. The molecule has 1 aromatic carbocycles. The molecule has 1 aliphatic heterocycles. The number of likely N-dealkylation sites (N-methyl/N-ethyl adjacent to an activating group) is 1. The first-order valence-corrected chi connectivity index (χ1v) is 11.9. The Hall–Kier alpha value is -2.61. The molecule has 168 valence electrons. The molecule has 6 nitrogen and oxygen atoms in total. The van der Waals surface area contributed by atoms with Crippen molar-refractivity contribution in [1.29, 1.82) is 0 Å². The van der Waals surface area contributed by atoms with E-state index in [1.54, 1.807) is 23.7 Å². The molecule has 0 saturated heterocycles. The van der Waals surface area contributed by atoms with Gasteiger partial charge in [-0.3, -0.25) is 9.78 Å². The van der Waals surface area contributed by atoms with E-state index >= 15 is 0 Å². The summed E-state index contributed by atoms with van der Waals surface area (Å²) in [5, 5.41) is 5.79. The maximum atomic E-state index is 13.1. The Bertz CT molecular complexity index is 1060. The summed E-state index contributed by atoms with van der Waals surface area (Å²) in [5.41, 5.74) is 2.51. The van der Waals surface area contributed by atoms with Crippen LogP contribution in [0, 0.1) is 0 Å². The number of anilines is 1. The van der Waals surface area contributed by atoms with Crippen molar-refractivity contribution in [3.63, 3.8) is 0 Å². The number of hydrogen-bond acceptors (Lipinski definition) is 6. The summed E-state index contributed by atoms with van der Waals surface area (Å²) in [5.74, 6) is 0.639. The Morgan fingerprint density at radius 2 is 2.16 bits per heavy atom. The number of benzene rings is 1. The predicted octanol–water partition coefficient (Wildman–Crippen LogP) is 4.62. The highest BCUT2D eigenvalue weighted by Gasteiger charge is 2.25. The Balaban J connectivity index is 1.49. The summed E-state index contributed by atoms with van der Waals surface area (Å²) in [7, 11) is 3.93. The summed E-state index contributed by atoms with van der Waals surface area (Å²) >= 11 is 8.28. The van der Waals surface area contributed by atoms with Crippen LogP contribution in [0.1, 0.15) is 33.3 Å². The molecule has 0 saturated carbocycles. The van der Waals surface area contributed by atoms with Gasteiger partial charge in [0.05, 0.1) is 16.3 Å². The highest BCUT2D eigenvalue weighted by Crippen LogP contribution is 2.33. The fourth-order valence-electron chi connectivity index (χ4n) is 3.82. The number of fused-ring (bicyclic) bond motifs is 1. The molecule has 2 aromatic heterocycles. The van der Waals surface area contributed by atoms with Crippen LogP contribution < -0.4 is 15.0 Å². The molecule has 4 rings (SSSR count). The maximum absolute atomic E-state index is 13.1. The van der Waals surface area contributed by atoms with E-state index in [1.165, 1.54) is 4.88 Å². The van der Waals surface area contributed by atoms with Crippen molar-refractivity contribution >= 4 is 34.5 Å². The number of carbonyl (C=O) groups is 1. The molecule has 3 aromatic rings. The Kier molecular flexibility index (Phi) is 7.29. The monoisotopic (exact) mass is 470 g/mol. The molecular formula is C24H27ClN4O2S. The topological polar surface area (TPSA) is 57.7 Å². The van der Waals surface area contributed by atoms with Crippen molar-refractivity contribution in [2.24, 2.45) is 0 Å². The molecule has 1 atom stereocenters. The van der Waals surface area contributed by atoms with Crippen LogP contribution in [0.3, 0.4) is 0 Å². The van der Waals surface area contributed by atoms with Gasteiger partial charge in [0.15, 0.2) is 0 Å². The molecule has 1 aliphatic rings. The van der Waals surface area contributed by atoms with E-state index in [4.69, 9.17) is 16.3 Å². The summed E-state index contributed by atoms with van der Waals surface area (Å²) in [4.78, 5) is 22.4. The van der Waals surface area contributed by atoms with Gasteiger partial charge in [0.25, 0.3) is 5.91 Å². The smallest absolute Gasteiger partial charge is 0.257 e. The first kappa shape index (κ1) is 22.6. The molecule has 0 bridgehead atoms. The molecule has 1 N–H and O–H groups in total. The van der Waals surface area contributed by atoms with Crippen LogP contribution in [0.15, 0.2) is 54.2 Å². The molecule has 32 heavy (non-hydrogen) atoms. The SMILES string of the molecule is CNCC[C@H](Oc1ccc(CN2CCN(C)c3ccncc3C2=O)cc1Cl)c1cccs1. The van der Waals surface area contributed by atoms with Crippen molar-refractivity contribution in [1.82, 2.24) is 15.2 Å². The lowest BCUT2D eigenvalue weighted by Gasteiger charge is -2.22. The van der Waals surface area contributed by atoms with Gasteiger partial charge in [-0.05, 0) is 48.8 Å². The van der Waals surface area contributed by atoms with Gasteiger partial charge in [0.2, 0.25) is 0 Å². The van der Waals surface area contributed by atoms with E-state index in [1.807, 2.05) is 49.3 Å². The summed E-state index contributed by atoms with van der Waals surface area (Å²) in [6.45, 7) is 2.71. The summed E-state index contributed by atoms with van der Waals surface area (Å²) in [6.07, 6.45) is 4.15. The largest absolute Gasteiger partial charge is 0.483 e. The van der Waals surface area contributed by atoms with E-state index < -0.39 is 0 Å². The Labute approximate surface area is 197 Å². The number of pyridine rings is 1. The van der Waals surface area contributed by atoms with Gasteiger partial charge >= 0.3 is 0 Å². The van der Waals surface area contributed by atoms with Gasteiger partial charge < -0.3 is 19.9 Å². The zero-order valence-electron chi connectivity index (χ0n) is 18.3. The zero-order valence-corrected chi connectivity index (χ0v) is 19.8. The second kappa shape index (κ2) is 10.3. The number of hydrogen-bond donors (Lipinski definition) is 1. The molecule has 0 radical (unpaired) electrons. The summed E-state index contributed by atoms with van der Waals surface area (Å²) < 4.78 is 6.28. The number of aromatic nitrogens is 1. The maximum Gasteiger partial charge on any atom is 0.257 e. The Morgan fingerprint density at radius 1 is 1.28 bits per heavy atom. The number of rotatable bonds is 8. The number of nitrogens with one attached hydrogen (secondary N) is 1. The molecule has 0 spiro atoms. The van der Waals surface area contributed by atoms with Crippen LogP contribution in [0.2, 0.25) is 5.02 Å². The molecule has 0 unspecified atom stereocenters. The number of thiophene rings is 1. The first-order chi connectivity index (χ1) is 15.6. The van der Waals surface area contributed by atoms with Gasteiger partial charge in [-0.25, -0.2) is 0 Å². The predicted molar refractivity (Wildman–Crippen MR) is 130 cm³/mol. The number of halogens is 1. The van der Waals surface area contributed by atoms with Crippen molar-refractivity contribution in [2.45, 2.75) is 19.1 Å². The average molecular weight is 471 g/mol. The second-order valence-corrected chi connectivity index (χ2v) is 9.21. The van der Waals surface area contributed by atoms with Crippen molar-refractivity contribution in [3.05, 3.63) is 75.2 Å². The lowest BCUT2D eigenvalue weighted by Crippen LogP contribution is -2.33. The quantitative estimate of drug-likeness (QED) is 0.520. The van der Waals surface area contributed by atoms with E-state index in [0.29, 0.717) is 29.4 Å². The standard InChI is InChI=1S/C24H27ClN4O2S/c1-26-9-8-22(23-4-3-13-32-23)31-21-6-5-17(14-19(21)25)16-29-12-11-28(2)20-7-10-27-15-18(20)24(29)30/h3-7,10,13-15,22,26H,8-9,11-12,16H2,1-2H3/t22-/m0/s1. The highest BCUT2D eigenvalue weighted by molar-refractivity contribution is 7.10. The molecule has 3 heterocycles. The highest BCUT2D eigenvalue weighted by atomic mass is 35.5. The minimum Gasteiger partial charge on any atom is -0.483 e. The molecule has 0 aliphatic carbocycles. The minimum absolute atomic E-state index is 0.0151. The molecular weight excluding hydrogens is 444 g/mol. The fraction of sp³-hybridized carbons (Fsp3) is 0.333. The van der Waals surface area contributed by atoms with Crippen LogP contribution in [-0.2, 0) is 6.54 Å². The molecule has 1 amide bonds. The van der Waals surface area contributed by atoms with Gasteiger partial charge in [-0.2, -0.15) is 0 Å². The minimum atomic E-state index is -0.0578. The van der Waals surface area contributed by atoms with E-state index in [2.05, 4.69) is 26.6 Å². The van der Waals surface area contributed by atoms with Gasteiger partial charge in [-0.15, -0.1) is 11.3 Å². The van der Waals surface area contributed by atoms with Crippen LogP contribution in [0.4, 0.5) is 5.69 Å². The average Bonchev–Trinajstić information content (AvgIpc) is 3.31. The van der Waals surface area contributed by atoms with Crippen LogP contribution in [0.25, 0.3) is 0 Å². The second-order valence-electron chi connectivity index (χ2n) is 7.82. The van der Waals surface area contributed by atoms with E-state index in [-0.39, 0.29) is 12.0 Å². The van der Waals surface area contributed by atoms with Crippen molar-refractivity contribution in [2.75, 3.05) is 38.6 Å². The van der Waals surface area contributed by atoms with E-state index in [9.17, 15) is 4.79 Å². The van der Waals surface area contributed by atoms with Crippen LogP contribution in [-0.4, -0.2) is 49.5 Å². The van der Waals surface area contributed by atoms with Crippen LogP contribution >= 0.6 is 22.9 Å². The van der Waals surface area contributed by atoms with Crippen LogP contribution in [0.5, 0.6) is 5.75 Å². The molecule has 8 heteroatoms. The lowest BCUT2D eigenvalue weighted by atomic mass is 10.1. The third-order valence-corrected chi connectivity index (χ3v) is 6.85. The van der Waals surface area contributed by atoms with Gasteiger partial charge in [0.1, 0.15) is 11.9 Å². The zero-order chi connectivity index (χ0) is 22.5. The van der Waals surface area contributed by atoms with Crippen molar-refractivity contribution in [3.8, 4) is 5.75 Å². The number of amides is 1. The van der Waals surface area contributed by atoms with E-state index in [0.717, 1.165) is 30.8 Å². The third kappa shape index (κ3) is 5.06. The normalized spacial score (nSPS) is 14.8. The Morgan fingerprint density at radius 3 is 2.91 bits per heavy atom. The number of nitrogens with zero attached hydrogens (tertiary/aromatic N) is 3.